The fraction of sp³-hybridized carbons (Fsp3) is 0.231. The number of ether oxygens (including phenoxy) is 1. The van der Waals surface area contributed by atoms with E-state index in [4.69, 9.17) is 4.74 Å². The highest BCUT2D eigenvalue weighted by atomic mass is 16.5. The maximum atomic E-state index is 11.6. The summed E-state index contributed by atoms with van der Waals surface area (Å²) in [6, 6.07) is 9.77. The average Bonchev–Trinajstić information content (AvgIpc) is 2.30. The van der Waals surface area contributed by atoms with Crippen LogP contribution in [0.4, 0.5) is 0 Å². The molecule has 3 nitrogen and oxygen atoms in total. The topological polar surface area (TPSA) is 38.7 Å². The summed E-state index contributed by atoms with van der Waals surface area (Å²) in [6.07, 6.45) is 1.95. The van der Waals surface area contributed by atoms with Crippen LogP contribution in [0.3, 0.4) is 0 Å². The molecular formula is C13H13NO2. The molecule has 0 saturated heterocycles. The Morgan fingerprint density at radius 1 is 1.31 bits per heavy atom. The number of rotatable bonds is 3. The van der Waals surface area contributed by atoms with Gasteiger partial charge in [0.25, 0.3) is 0 Å². The van der Waals surface area contributed by atoms with Gasteiger partial charge in [-0.25, -0.2) is 0 Å². The van der Waals surface area contributed by atoms with Gasteiger partial charge in [0.15, 0.2) is 5.76 Å². The average molecular weight is 215 g/mol. The third-order valence-corrected chi connectivity index (χ3v) is 2.37. The largest absolute Gasteiger partial charge is 0.483 e. The van der Waals surface area contributed by atoms with Crippen molar-refractivity contribution in [3.05, 3.63) is 47.4 Å². The van der Waals surface area contributed by atoms with Gasteiger partial charge in [0, 0.05) is 12.6 Å². The minimum atomic E-state index is 0.00318. The highest BCUT2D eigenvalue weighted by molar-refractivity contribution is 6.04. The van der Waals surface area contributed by atoms with Crippen molar-refractivity contribution in [2.75, 3.05) is 0 Å². The van der Waals surface area contributed by atoms with Crippen LogP contribution in [-0.4, -0.2) is 12.0 Å². The van der Waals surface area contributed by atoms with Gasteiger partial charge < -0.3 is 4.74 Å². The van der Waals surface area contributed by atoms with Crippen molar-refractivity contribution >= 4 is 12.0 Å². The Morgan fingerprint density at radius 2 is 2.06 bits per heavy atom. The standard InChI is InChI=1S/C13H13NO2/c1-10-13(12(15)7-8-14-10)16-9-11-5-3-2-4-6-11/h2-6,8H,7,9H2,1H3. The van der Waals surface area contributed by atoms with E-state index in [-0.39, 0.29) is 5.78 Å². The summed E-state index contributed by atoms with van der Waals surface area (Å²) in [4.78, 5) is 15.6. The molecule has 0 atom stereocenters. The van der Waals surface area contributed by atoms with Gasteiger partial charge in [-0.2, -0.15) is 0 Å². The van der Waals surface area contributed by atoms with Gasteiger partial charge in [-0.15, -0.1) is 0 Å². The molecule has 0 spiro atoms. The van der Waals surface area contributed by atoms with E-state index in [1.807, 2.05) is 30.3 Å². The van der Waals surface area contributed by atoms with Gasteiger partial charge in [0.1, 0.15) is 6.61 Å². The van der Waals surface area contributed by atoms with Crippen LogP contribution in [0.1, 0.15) is 18.9 Å². The van der Waals surface area contributed by atoms with E-state index in [1.54, 1.807) is 13.1 Å². The lowest BCUT2D eigenvalue weighted by molar-refractivity contribution is -0.118. The second kappa shape index (κ2) is 4.75. The van der Waals surface area contributed by atoms with Crippen molar-refractivity contribution in [2.45, 2.75) is 20.0 Å². The third-order valence-electron chi connectivity index (χ3n) is 2.37. The van der Waals surface area contributed by atoms with Crippen molar-refractivity contribution in [1.29, 1.82) is 0 Å². The predicted octanol–water partition coefficient (Wildman–Crippen LogP) is 2.48. The summed E-state index contributed by atoms with van der Waals surface area (Å²) in [5, 5.41) is 0. The molecule has 0 unspecified atom stereocenters. The highest BCUT2D eigenvalue weighted by Gasteiger charge is 2.16. The lowest BCUT2D eigenvalue weighted by Crippen LogP contribution is -2.12. The first-order valence-corrected chi connectivity index (χ1v) is 5.20. The van der Waals surface area contributed by atoms with E-state index >= 15 is 0 Å². The van der Waals surface area contributed by atoms with Crippen LogP contribution in [0, 0.1) is 0 Å². The van der Waals surface area contributed by atoms with Crippen molar-refractivity contribution in [3.8, 4) is 0 Å². The van der Waals surface area contributed by atoms with E-state index in [0.717, 1.165) is 5.56 Å². The summed E-state index contributed by atoms with van der Waals surface area (Å²) in [5.74, 6) is 0.398. The Kier molecular flexibility index (Phi) is 3.15. The van der Waals surface area contributed by atoms with Crippen LogP contribution in [0.5, 0.6) is 0 Å². The second-order valence-electron chi connectivity index (χ2n) is 3.63. The molecule has 0 amide bonds. The van der Waals surface area contributed by atoms with Crippen LogP contribution >= 0.6 is 0 Å². The minimum absolute atomic E-state index is 0.00318. The monoisotopic (exact) mass is 215 g/mol. The fourth-order valence-electron chi connectivity index (χ4n) is 1.53. The van der Waals surface area contributed by atoms with Crippen LogP contribution in [0.25, 0.3) is 0 Å². The Morgan fingerprint density at radius 3 is 2.75 bits per heavy atom. The van der Waals surface area contributed by atoms with Crippen LogP contribution in [-0.2, 0) is 16.1 Å². The fourth-order valence-corrected chi connectivity index (χ4v) is 1.53. The van der Waals surface area contributed by atoms with Crippen LogP contribution in [0.2, 0.25) is 0 Å². The summed E-state index contributed by atoms with van der Waals surface area (Å²) < 4.78 is 5.51. The molecule has 3 heteroatoms. The summed E-state index contributed by atoms with van der Waals surface area (Å²) in [6.45, 7) is 2.20. The normalized spacial score (nSPS) is 15.4. The van der Waals surface area contributed by atoms with Gasteiger partial charge in [-0.1, -0.05) is 30.3 Å². The molecule has 2 rings (SSSR count). The molecular weight excluding hydrogens is 202 g/mol. The third kappa shape index (κ3) is 2.37. The molecule has 1 aliphatic heterocycles. The van der Waals surface area contributed by atoms with Crippen molar-refractivity contribution in [2.24, 2.45) is 4.99 Å². The zero-order valence-electron chi connectivity index (χ0n) is 9.14. The van der Waals surface area contributed by atoms with Crippen molar-refractivity contribution in [1.82, 2.24) is 0 Å². The predicted molar refractivity (Wildman–Crippen MR) is 62.0 cm³/mol. The number of aliphatic imine (C=N–C) groups is 1. The van der Waals surface area contributed by atoms with Gasteiger partial charge in [0.2, 0.25) is 5.78 Å². The number of Topliss-reactive ketones (excluding diaryl/α,β-unsaturated/α-hetero) is 1. The molecule has 0 N–H and O–H groups in total. The molecule has 82 valence electrons. The molecule has 0 saturated carbocycles. The molecule has 1 aromatic carbocycles. The first-order chi connectivity index (χ1) is 7.77. The lowest BCUT2D eigenvalue weighted by atomic mass is 10.2. The van der Waals surface area contributed by atoms with E-state index in [0.29, 0.717) is 24.5 Å². The van der Waals surface area contributed by atoms with Crippen molar-refractivity contribution in [3.63, 3.8) is 0 Å². The number of hydrogen-bond acceptors (Lipinski definition) is 3. The van der Waals surface area contributed by atoms with Crippen molar-refractivity contribution < 1.29 is 9.53 Å². The van der Waals surface area contributed by atoms with Gasteiger partial charge in [0.05, 0.1) is 5.70 Å². The minimum Gasteiger partial charge on any atom is -0.483 e. The summed E-state index contributed by atoms with van der Waals surface area (Å²) in [7, 11) is 0. The number of nitrogens with zero attached hydrogens (tertiary/aromatic N) is 1. The van der Waals surface area contributed by atoms with Gasteiger partial charge in [-0.05, 0) is 12.5 Å². The zero-order valence-corrected chi connectivity index (χ0v) is 9.14. The molecule has 1 heterocycles. The molecule has 16 heavy (non-hydrogen) atoms. The molecule has 0 bridgehead atoms. The van der Waals surface area contributed by atoms with E-state index in [1.165, 1.54) is 0 Å². The Bertz CT molecular complexity index is 446. The highest BCUT2D eigenvalue weighted by Crippen LogP contribution is 2.16. The van der Waals surface area contributed by atoms with E-state index in [9.17, 15) is 4.79 Å². The Balaban J connectivity index is 2.05. The van der Waals surface area contributed by atoms with Gasteiger partial charge >= 0.3 is 0 Å². The summed E-state index contributed by atoms with van der Waals surface area (Å²) >= 11 is 0. The molecule has 1 aromatic rings. The molecule has 0 radical (unpaired) electrons. The number of allylic oxidation sites excluding steroid dienone is 2. The lowest BCUT2D eigenvalue weighted by Gasteiger charge is -2.13. The molecule has 1 aliphatic rings. The smallest absolute Gasteiger partial charge is 0.204 e. The Hall–Kier alpha value is -1.90. The molecule has 0 fully saturated rings. The number of benzene rings is 1. The van der Waals surface area contributed by atoms with Crippen LogP contribution < -0.4 is 0 Å². The van der Waals surface area contributed by atoms with E-state index in [2.05, 4.69) is 4.99 Å². The maximum Gasteiger partial charge on any atom is 0.204 e. The second-order valence-corrected chi connectivity index (χ2v) is 3.63. The Labute approximate surface area is 94.5 Å². The molecule has 0 aromatic heterocycles. The van der Waals surface area contributed by atoms with Gasteiger partial charge in [-0.3, -0.25) is 9.79 Å². The number of ketones is 1. The number of carbonyl (C=O) groups is 1. The SMILES string of the molecule is CC1=C(OCc2ccccc2)C(=O)CC=N1. The zero-order chi connectivity index (χ0) is 11.4. The summed E-state index contributed by atoms with van der Waals surface area (Å²) in [5.41, 5.74) is 1.71. The quantitative estimate of drug-likeness (QED) is 0.777. The first kappa shape index (κ1) is 10.6. The maximum absolute atomic E-state index is 11.6. The number of carbonyl (C=O) groups excluding carboxylic acids is 1. The first-order valence-electron chi connectivity index (χ1n) is 5.20. The van der Waals surface area contributed by atoms with E-state index < -0.39 is 0 Å². The molecule has 0 aliphatic carbocycles. The van der Waals surface area contributed by atoms with Crippen LogP contribution in [0.15, 0.2) is 46.8 Å². The number of hydrogen-bond donors (Lipinski definition) is 0.